The van der Waals surface area contributed by atoms with Gasteiger partial charge in [-0.25, -0.2) is 0 Å². The predicted molar refractivity (Wildman–Crippen MR) is 66.5 cm³/mol. The Morgan fingerprint density at radius 3 is 2.71 bits per heavy atom. The quantitative estimate of drug-likeness (QED) is 0.864. The highest BCUT2D eigenvalue weighted by Gasteiger charge is 2.07. The minimum absolute atomic E-state index is 0.112. The molecule has 88 valence electrons. The van der Waals surface area contributed by atoms with Gasteiger partial charge < -0.3 is 10.5 Å². The first kappa shape index (κ1) is 11.4. The second-order valence-electron chi connectivity index (χ2n) is 3.58. The smallest absolute Gasteiger partial charge is 0.259 e. The fourth-order valence-electron chi connectivity index (χ4n) is 1.71. The zero-order valence-electron chi connectivity index (χ0n) is 9.59. The van der Waals surface area contributed by atoms with Crippen LogP contribution in [-0.4, -0.2) is 11.7 Å². The first-order valence-corrected chi connectivity index (χ1v) is 5.32. The van der Waals surface area contributed by atoms with Crippen LogP contribution in [0.15, 0.2) is 47.4 Å². The SMILES string of the molecule is COc1ccccc1-n1cccc(CN)c1=O. The summed E-state index contributed by atoms with van der Waals surface area (Å²) in [5, 5.41) is 0. The molecule has 1 aromatic heterocycles. The minimum Gasteiger partial charge on any atom is -0.495 e. The molecular weight excluding hydrogens is 216 g/mol. The van der Waals surface area contributed by atoms with E-state index in [9.17, 15) is 4.79 Å². The van der Waals surface area contributed by atoms with E-state index in [-0.39, 0.29) is 12.1 Å². The average molecular weight is 230 g/mol. The van der Waals surface area contributed by atoms with E-state index in [0.717, 1.165) is 5.69 Å². The molecule has 2 rings (SSSR count). The maximum atomic E-state index is 12.1. The van der Waals surface area contributed by atoms with Crippen LogP contribution in [0.25, 0.3) is 5.69 Å². The molecule has 0 spiro atoms. The average Bonchev–Trinajstić information content (AvgIpc) is 2.39. The molecule has 1 heterocycles. The first-order valence-electron chi connectivity index (χ1n) is 5.32. The van der Waals surface area contributed by atoms with Crippen LogP contribution < -0.4 is 16.0 Å². The van der Waals surface area contributed by atoms with Crippen molar-refractivity contribution >= 4 is 0 Å². The van der Waals surface area contributed by atoms with E-state index in [1.165, 1.54) is 0 Å². The van der Waals surface area contributed by atoms with Gasteiger partial charge in [0.05, 0.1) is 12.8 Å². The summed E-state index contributed by atoms with van der Waals surface area (Å²) >= 11 is 0. The maximum absolute atomic E-state index is 12.1. The number of methoxy groups -OCH3 is 1. The Balaban J connectivity index is 2.65. The lowest BCUT2D eigenvalue weighted by Gasteiger charge is -2.11. The molecule has 2 aromatic rings. The van der Waals surface area contributed by atoms with Crippen LogP contribution in [0.2, 0.25) is 0 Å². The monoisotopic (exact) mass is 230 g/mol. The van der Waals surface area contributed by atoms with Crippen LogP contribution in [0.4, 0.5) is 0 Å². The molecule has 0 saturated heterocycles. The molecule has 0 radical (unpaired) electrons. The van der Waals surface area contributed by atoms with Crippen LogP contribution in [-0.2, 0) is 6.54 Å². The van der Waals surface area contributed by atoms with Gasteiger partial charge >= 0.3 is 0 Å². The van der Waals surface area contributed by atoms with Crippen LogP contribution in [0.5, 0.6) is 5.75 Å². The summed E-state index contributed by atoms with van der Waals surface area (Å²) < 4.78 is 6.78. The van der Waals surface area contributed by atoms with Gasteiger partial charge in [0.1, 0.15) is 5.75 Å². The van der Waals surface area contributed by atoms with E-state index >= 15 is 0 Å². The third-order valence-electron chi connectivity index (χ3n) is 2.59. The van der Waals surface area contributed by atoms with Crippen molar-refractivity contribution in [3.8, 4) is 11.4 Å². The number of benzene rings is 1. The summed E-state index contributed by atoms with van der Waals surface area (Å²) in [7, 11) is 1.58. The molecule has 0 amide bonds. The summed E-state index contributed by atoms with van der Waals surface area (Å²) in [6, 6.07) is 10.9. The van der Waals surface area contributed by atoms with Gasteiger partial charge in [0.2, 0.25) is 0 Å². The van der Waals surface area contributed by atoms with Gasteiger partial charge in [-0.2, -0.15) is 0 Å². The van der Waals surface area contributed by atoms with Crippen molar-refractivity contribution in [2.24, 2.45) is 5.73 Å². The standard InChI is InChI=1S/C13H14N2O2/c1-17-12-7-3-2-6-11(12)15-8-4-5-10(9-14)13(15)16/h2-8H,9,14H2,1H3. The number of nitrogens with zero attached hydrogens (tertiary/aromatic N) is 1. The highest BCUT2D eigenvalue weighted by atomic mass is 16.5. The summed E-state index contributed by atoms with van der Waals surface area (Å²) in [5.41, 5.74) is 6.71. The molecule has 0 unspecified atom stereocenters. The Bertz CT molecular complexity index is 576. The lowest BCUT2D eigenvalue weighted by atomic mass is 10.2. The van der Waals surface area contributed by atoms with Crippen LogP contribution in [0.1, 0.15) is 5.56 Å². The van der Waals surface area contributed by atoms with Gasteiger partial charge in [-0.15, -0.1) is 0 Å². The van der Waals surface area contributed by atoms with Crippen LogP contribution >= 0.6 is 0 Å². The van der Waals surface area contributed by atoms with E-state index in [1.807, 2.05) is 24.3 Å². The van der Waals surface area contributed by atoms with E-state index in [0.29, 0.717) is 11.3 Å². The van der Waals surface area contributed by atoms with Gasteiger partial charge in [-0.3, -0.25) is 9.36 Å². The van der Waals surface area contributed by atoms with Crippen molar-refractivity contribution in [3.05, 3.63) is 58.5 Å². The van der Waals surface area contributed by atoms with Crippen molar-refractivity contribution in [1.82, 2.24) is 4.57 Å². The number of para-hydroxylation sites is 2. The second-order valence-corrected chi connectivity index (χ2v) is 3.58. The third-order valence-corrected chi connectivity index (χ3v) is 2.59. The molecule has 0 aliphatic rings. The van der Waals surface area contributed by atoms with Crippen molar-refractivity contribution in [3.63, 3.8) is 0 Å². The zero-order chi connectivity index (χ0) is 12.3. The highest BCUT2D eigenvalue weighted by Crippen LogP contribution is 2.20. The van der Waals surface area contributed by atoms with Crippen molar-refractivity contribution in [1.29, 1.82) is 0 Å². The second kappa shape index (κ2) is 4.84. The Hall–Kier alpha value is -2.07. The largest absolute Gasteiger partial charge is 0.495 e. The Labute approximate surface area is 99.3 Å². The molecule has 0 bridgehead atoms. The summed E-state index contributed by atoms with van der Waals surface area (Å²) in [4.78, 5) is 12.1. The fraction of sp³-hybridized carbons (Fsp3) is 0.154. The molecule has 1 aromatic carbocycles. The lowest BCUT2D eigenvalue weighted by molar-refractivity contribution is 0.412. The topological polar surface area (TPSA) is 57.2 Å². The molecule has 2 N–H and O–H groups in total. The number of aromatic nitrogens is 1. The number of hydrogen-bond donors (Lipinski definition) is 1. The zero-order valence-corrected chi connectivity index (χ0v) is 9.59. The summed E-state index contributed by atoms with van der Waals surface area (Å²) in [6.07, 6.45) is 1.71. The van der Waals surface area contributed by atoms with E-state index < -0.39 is 0 Å². The minimum atomic E-state index is -0.112. The van der Waals surface area contributed by atoms with E-state index in [4.69, 9.17) is 10.5 Å². The summed E-state index contributed by atoms with van der Waals surface area (Å²) in [6.45, 7) is 0.231. The van der Waals surface area contributed by atoms with Gasteiger partial charge in [0.15, 0.2) is 0 Å². The van der Waals surface area contributed by atoms with Gasteiger partial charge in [0, 0.05) is 18.3 Å². The van der Waals surface area contributed by atoms with Crippen molar-refractivity contribution in [2.75, 3.05) is 7.11 Å². The molecule has 0 saturated carbocycles. The number of hydrogen-bond acceptors (Lipinski definition) is 3. The predicted octanol–water partition coefficient (Wildman–Crippen LogP) is 1.30. The fourth-order valence-corrected chi connectivity index (χ4v) is 1.71. The highest BCUT2D eigenvalue weighted by molar-refractivity contribution is 5.46. The number of ether oxygens (including phenoxy) is 1. The molecule has 0 aliphatic heterocycles. The number of nitrogens with two attached hydrogens (primary N) is 1. The van der Waals surface area contributed by atoms with Crippen molar-refractivity contribution < 1.29 is 4.74 Å². The molecule has 4 nitrogen and oxygen atoms in total. The summed E-state index contributed by atoms with van der Waals surface area (Å²) in [5.74, 6) is 0.656. The molecule has 4 heteroatoms. The molecule has 0 fully saturated rings. The lowest BCUT2D eigenvalue weighted by Crippen LogP contribution is -2.23. The molecule has 0 atom stereocenters. The van der Waals surface area contributed by atoms with Crippen molar-refractivity contribution in [2.45, 2.75) is 6.54 Å². The Kier molecular flexibility index (Phi) is 3.25. The Morgan fingerprint density at radius 1 is 1.24 bits per heavy atom. The normalized spacial score (nSPS) is 10.2. The van der Waals surface area contributed by atoms with Gasteiger partial charge in [0.25, 0.3) is 5.56 Å². The molecular formula is C13H14N2O2. The molecule has 17 heavy (non-hydrogen) atoms. The van der Waals surface area contributed by atoms with Crippen LogP contribution in [0.3, 0.4) is 0 Å². The Morgan fingerprint density at radius 2 is 2.00 bits per heavy atom. The van der Waals surface area contributed by atoms with Gasteiger partial charge in [-0.1, -0.05) is 18.2 Å². The maximum Gasteiger partial charge on any atom is 0.259 e. The van der Waals surface area contributed by atoms with E-state index in [1.54, 1.807) is 30.0 Å². The third kappa shape index (κ3) is 2.07. The molecule has 0 aliphatic carbocycles. The van der Waals surface area contributed by atoms with Crippen LogP contribution in [0, 0.1) is 0 Å². The van der Waals surface area contributed by atoms with Gasteiger partial charge in [-0.05, 0) is 18.2 Å². The number of pyridine rings is 1. The van der Waals surface area contributed by atoms with E-state index in [2.05, 4.69) is 0 Å². The number of rotatable bonds is 3. The first-order chi connectivity index (χ1) is 8.27.